The molecule has 1 aromatic heterocycles. The number of halogens is 2. The molecule has 186 valence electrons. The molecule has 3 rings (SSSR count). The summed E-state index contributed by atoms with van der Waals surface area (Å²) in [5, 5.41) is 6.23. The van der Waals surface area contributed by atoms with Crippen LogP contribution in [0.2, 0.25) is 0 Å². The quantitative estimate of drug-likeness (QED) is 0.667. The van der Waals surface area contributed by atoms with Crippen LogP contribution in [-0.4, -0.2) is 35.1 Å². The molecule has 0 radical (unpaired) electrons. The Morgan fingerprint density at radius 1 is 1.15 bits per heavy atom. The molecule has 1 fully saturated rings. The Labute approximate surface area is 200 Å². The zero-order valence-corrected chi connectivity index (χ0v) is 21.2. The van der Waals surface area contributed by atoms with Crippen LogP contribution in [0.25, 0.3) is 0 Å². The maximum Gasteiger partial charge on any atom is 0.255 e. The van der Waals surface area contributed by atoms with Crippen LogP contribution in [0.1, 0.15) is 66.4 Å². The van der Waals surface area contributed by atoms with Gasteiger partial charge < -0.3 is 20.1 Å². The molecule has 1 amide bonds. The lowest BCUT2D eigenvalue weighted by Gasteiger charge is -2.41. The zero-order chi connectivity index (χ0) is 25.3. The Morgan fingerprint density at radius 3 is 2.35 bits per heavy atom. The fourth-order valence-corrected chi connectivity index (χ4v) is 5.15. The number of piperidine rings is 1. The lowest BCUT2D eigenvalue weighted by Crippen LogP contribution is -2.51. The summed E-state index contributed by atoms with van der Waals surface area (Å²) in [5.41, 5.74) is 1.87. The second-order valence-corrected chi connectivity index (χ2v) is 9.53. The van der Waals surface area contributed by atoms with Crippen LogP contribution >= 0.6 is 0 Å². The van der Waals surface area contributed by atoms with Gasteiger partial charge in [-0.25, -0.2) is 8.78 Å². The Kier molecular flexibility index (Phi) is 7.81. The number of amides is 1. The number of nitrogens with one attached hydrogen (secondary N) is 2. The van der Waals surface area contributed by atoms with Crippen LogP contribution in [0, 0.1) is 32.4 Å². The van der Waals surface area contributed by atoms with Crippen molar-refractivity contribution in [3.63, 3.8) is 0 Å². The lowest BCUT2D eigenvalue weighted by molar-refractivity contribution is 0.0949. The van der Waals surface area contributed by atoms with Gasteiger partial charge in [0.05, 0.1) is 5.69 Å². The molecule has 0 aliphatic carbocycles. The molecule has 1 aliphatic heterocycles. The van der Waals surface area contributed by atoms with E-state index in [0.29, 0.717) is 29.9 Å². The summed E-state index contributed by atoms with van der Waals surface area (Å²) in [6.45, 7) is 11.8. The minimum atomic E-state index is -0.496. The highest BCUT2D eigenvalue weighted by Crippen LogP contribution is 2.30. The standard InChI is InChI=1S/C26H36F2N4O2/c1-8-32(20-9-14(2)30-15(3)10-20)23-12-19(27)11-21(16(23)4)25(33)29-13-22-17(5)24(28)18(6)31(7)26(22)34/h11-12,14-15,20,30H,8-10,13H2,1-7H3,(H,29,33). The van der Waals surface area contributed by atoms with Crippen molar-refractivity contribution in [3.05, 3.63) is 62.1 Å². The average Bonchev–Trinajstić information content (AvgIpc) is 2.78. The van der Waals surface area contributed by atoms with E-state index in [1.807, 2.05) is 13.8 Å². The van der Waals surface area contributed by atoms with Crippen LogP contribution in [0.3, 0.4) is 0 Å². The molecule has 34 heavy (non-hydrogen) atoms. The van der Waals surface area contributed by atoms with E-state index in [2.05, 4.69) is 29.4 Å². The van der Waals surface area contributed by atoms with E-state index in [4.69, 9.17) is 0 Å². The second kappa shape index (κ2) is 10.3. The highest BCUT2D eigenvalue weighted by Gasteiger charge is 2.29. The smallest absolute Gasteiger partial charge is 0.255 e. The van der Waals surface area contributed by atoms with Gasteiger partial charge in [-0.1, -0.05) is 0 Å². The highest BCUT2D eigenvalue weighted by molar-refractivity contribution is 5.97. The molecule has 1 aliphatic rings. The van der Waals surface area contributed by atoms with Crippen molar-refractivity contribution in [1.82, 2.24) is 15.2 Å². The van der Waals surface area contributed by atoms with E-state index >= 15 is 0 Å². The maximum absolute atomic E-state index is 14.7. The Hall–Kier alpha value is -2.74. The molecule has 2 aromatic rings. The molecule has 6 nitrogen and oxygen atoms in total. The van der Waals surface area contributed by atoms with Gasteiger partial charge >= 0.3 is 0 Å². The number of hydrogen-bond donors (Lipinski definition) is 2. The number of aromatic nitrogens is 1. The molecular formula is C26H36F2N4O2. The van der Waals surface area contributed by atoms with Gasteiger partial charge in [-0.2, -0.15) is 0 Å². The average molecular weight is 475 g/mol. The Bertz CT molecular complexity index is 1130. The normalized spacial score (nSPS) is 20.3. The first kappa shape index (κ1) is 25.9. The number of anilines is 1. The van der Waals surface area contributed by atoms with E-state index in [9.17, 15) is 18.4 Å². The first-order chi connectivity index (χ1) is 16.0. The molecule has 1 saturated heterocycles. The summed E-state index contributed by atoms with van der Waals surface area (Å²) in [7, 11) is 1.50. The fourth-order valence-electron chi connectivity index (χ4n) is 5.15. The minimum absolute atomic E-state index is 0.138. The maximum atomic E-state index is 14.7. The van der Waals surface area contributed by atoms with Crippen LogP contribution in [0.15, 0.2) is 16.9 Å². The third-order valence-electron chi connectivity index (χ3n) is 7.09. The zero-order valence-electron chi connectivity index (χ0n) is 21.2. The minimum Gasteiger partial charge on any atom is -0.368 e. The first-order valence-electron chi connectivity index (χ1n) is 11.9. The highest BCUT2D eigenvalue weighted by atomic mass is 19.1. The summed E-state index contributed by atoms with van der Waals surface area (Å²) in [5.74, 6) is -1.46. The summed E-state index contributed by atoms with van der Waals surface area (Å²) < 4.78 is 30.4. The third-order valence-corrected chi connectivity index (χ3v) is 7.09. The van der Waals surface area contributed by atoms with E-state index in [1.54, 1.807) is 0 Å². The largest absolute Gasteiger partial charge is 0.368 e. The van der Waals surface area contributed by atoms with Gasteiger partial charge in [0.2, 0.25) is 0 Å². The van der Waals surface area contributed by atoms with E-state index < -0.39 is 17.5 Å². The SMILES string of the molecule is CCN(c1cc(F)cc(C(=O)NCc2c(C)c(F)c(C)n(C)c2=O)c1C)C1CC(C)NC(C)C1. The van der Waals surface area contributed by atoms with Crippen LogP contribution in [-0.2, 0) is 13.6 Å². The summed E-state index contributed by atoms with van der Waals surface area (Å²) >= 11 is 0. The fraction of sp³-hybridized carbons (Fsp3) is 0.538. The Balaban J connectivity index is 1.90. The van der Waals surface area contributed by atoms with E-state index in [1.165, 1.54) is 37.6 Å². The van der Waals surface area contributed by atoms with Gasteiger partial charge in [0.15, 0.2) is 0 Å². The number of carbonyl (C=O) groups excluding carboxylic acids is 1. The van der Waals surface area contributed by atoms with Crippen molar-refractivity contribution in [1.29, 1.82) is 0 Å². The lowest BCUT2D eigenvalue weighted by atomic mass is 9.92. The molecule has 2 N–H and O–H groups in total. The van der Waals surface area contributed by atoms with Gasteiger partial charge in [-0.05, 0) is 77.6 Å². The molecular weight excluding hydrogens is 438 g/mol. The molecule has 2 unspecified atom stereocenters. The molecule has 2 atom stereocenters. The Morgan fingerprint density at radius 2 is 1.76 bits per heavy atom. The molecule has 2 heterocycles. The van der Waals surface area contributed by atoms with E-state index in [0.717, 1.165) is 12.8 Å². The van der Waals surface area contributed by atoms with Gasteiger partial charge in [0.1, 0.15) is 11.6 Å². The first-order valence-corrected chi connectivity index (χ1v) is 11.9. The van der Waals surface area contributed by atoms with Crippen molar-refractivity contribution >= 4 is 11.6 Å². The number of pyridine rings is 1. The van der Waals surface area contributed by atoms with Crippen molar-refractivity contribution in [3.8, 4) is 0 Å². The number of rotatable bonds is 6. The van der Waals surface area contributed by atoms with E-state index in [-0.39, 0.29) is 40.5 Å². The number of hydrogen-bond acceptors (Lipinski definition) is 4. The number of benzene rings is 1. The van der Waals surface area contributed by atoms with Crippen molar-refractivity contribution in [2.45, 2.75) is 79.1 Å². The topological polar surface area (TPSA) is 66.4 Å². The van der Waals surface area contributed by atoms with Crippen molar-refractivity contribution < 1.29 is 13.6 Å². The number of carbonyl (C=O) groups is 1. The molecule has 0 spiro atoms. The van der Waals surface area contributed by atoms with Crippen LogP contribution < -0.4 is 21.1 Å². The molecule has 8 heteroatoms. The van der Waals surface area contributed by atoms with Crippen LogP contribution in [0.5, 0.6) is 0 Å². The summed E-state index contributed by atoms with van der Waals surface area (Å²) in [4.78, 5) is 27.9. The van der Waals surface area contributed by atoms with Gasteiger partial charge in [-0.3, -0.25) is 9.59 Å². The second-order valence-electron chi connectivity index (χ2n) is 9.53. The summed E-state index contributed by atoms with van der Waals surface area (Å²) in [6, 6.07) is 3.63. The van der Waals surface area contributed by atoms with Crippen LogP contribution in [0.4, 0.5) is 14.5 Å². The predicted molar refractivity (Wildman–Crippen MR) is 132 cm³/mol. The predicted octanol–water partition coefficient (Wildman–Crippen LogP) is 3.87. The monoisotopic (exact) mass is 474 g/mol. The third kappa shape index (κ3) is 5.02. The van der Waals surface area contributed by atoms with Crippen molar-refractivity contribution in [2.24, 2.45) is 7.05 Å². The van der Waals surface area contributed by atoms with Crippen molar-refractivity contribution in [2.75, 3.05) is 11.4 Å². The van der Waals surface area contributed by atoms with Gasteiger partial charge in [0.25, 0.3) is 11.5 Å². The number of nitrogens with zero attached hydrogens (tertiary/aromatic N) is 2. The molecule has 1 aromatic carbocycles. The summed E-state index contributed by atoms with van der Waals surface area (Å²) in [6.07, 6.45) is 1.86. The molecule has 0 saturated carbocycles. The van der Waals surface area contributed by atoms with Gasteiger partial charge in [0, 0.05) is 55.1 Å². The van der Waals surface area contributed by atoms with Gasteiger partial charge in [-0.15, -0.1) is 0 Å². The molecule has 0 bridgehead atoms.